The van der Waals surface area contributed by atoms with E-state index < -0.39 is 0 Å². The molecule has 5 heteroatoms. The Bertz CT molecular complexity index is 542. The smallest absolute Gasteiger partial charge is 0.153 e. The molecule has 5 nitrogen and oxygen atoms in total. The van der Waals surface area contributed by atoms with Gasteiger partial charge >= 0.3 is 0 Å². The normalized spacial score (nSPS) is 12.0. The van der Waals surface area contributed by atoms with Crippen LogP contribution in [0.25, 0.3) is 11.0 Å². The lowest BCUT2D eigenvalue weighted by molar-refractivity contribution is 0.546. The lowest BCUT2D eigenvalue weighted by atomic mass is 9.95. The average molecular weight is 217 g/mol. The first-order valence-corrected chi connectivity index (χ1v) is 5.15. The maximum Gasteiger partial charge on any atom is 0.153 e. The van der Waals surface area contributed by atoms with Gasteiger partial charge in [-0.1, -0.05) is 20.8 Å². The van der Waals surface area contributed by atoms with Crippen molar-refractivity contribution in [3.8, 4) is 0 Å². The zero-order chi connectivity index (χ0) is 11.9. The van der Waals surface area contributed by atoms with Crippen LogP contribution in [-0.4, -0.2) is 19.9 Å². The van der Waals surface area contributed by atoms with E-state index in [4.69, 9.17) is 5.73 Å². The van der Waals surface area contributed by atoms with Crippen LogP contribution in [0.15, 0.2) is 6.33 Å². The highest BCUT2D eigenvalue weighted by molar-refractivity contribution is 5.84. The molecule has 0 aromatic carbocycles. The largest absolute Gasteiger partial charge is 0.382 e. The fourth-order valence-corrected chi connectivity index (χ4v) is 1.45. The summed E-state index contributed by atoms with van der Waals surface area (Å²) in [5.74, 6) is 1.17. The van der Waals surface area contributed by atoms with Crippen LogP contribution in [0.4, 0.5) is 5.82 Å². The number of rotatable bonds is 0. The summed E-state index contributed by atoms with van der Waals surface area (Å²) < 4.78 is 0. The van der Waals surface area contributed by atoms with E-state index in [0.717, 1.165) is 17.0 Å². The molecule has 0 saturated heterocycles. The fourth-order valence-electron chi connectivity index (χ4n) is 1.45. The Morgan fingerprint density at radius 1 is 1.06 bits per heavy atom. The highest BCUT2D eigenvalue weighted by Gasteiger charge is 2.19. The number of hydrogen-bond acceptors (Lipinski definition) is 5. The molecule has 2 rings (SSSR count). The minimum Gasteiger partial charge on any atom is -0.382 e. The summed E-state index contributed by atoms with van der Waals surface area (Å²) in [6.07, 6.45) is 1.44. The minimum atomic E-state index is -0.110. The zero-order valence-electron chi connectivity index (χ0n) is 9.94. The third-order valence-corrected chi connectivity index (χ3v) is 2.36. The van der Waals surface area contributed by atoms with Gasteiger partial charge in [0.15, 0.2) is 5.82 Å². The number of nitrogens with two attached hydrogens (primary N) is 1. The molecule has 2 aromatic rings. The molecule has 2 aromatic heterocycles. The molecule has 0 aliphatic carbocycles. The van der Waals surface area contributed by atoms with Gasteiger partial charge in [0.05, 0.1) is 5.69 Å². The Morgan fingerprint density at radius 3 is 2.38 bits per heavy atom. The fraction of sp³-hybridized carbons (Fsp3) is 0.455. The first-order valence-electron chi connectivity index (χ1n) is 5.15. The van der Waals surface area contributed by atoms with Crippen LogP contribution in [0.5, 0.6) is 0 Å². The number of nitrogen functional groups attached to an aromatic ring is 1. The first kappa shape index (κ1) is 10.7. The maximum absolute atomic E-state index is 5.80. The summed E-state index contributed by atoms with van der Waals surface area (Å²) in [4.78, 5) is 17.0. The molecule has 0 aliphatic rings. The van der Waals surface area contributed by atoms with Crippen LogP contribution >= 0.6 is 0 Å². The second kappa shape index (κ2) is 3.37. The van der Waals surface area contributed by atoms with Gasteiger partial charge in [0.2, 0.25) is 0 Å². The highest BCUT2D eigenvalue weighted by Crippen LogP contribution is 2.23. The monoisotopic (exact) mass is 217 g/mol. The third-order valence-electron chi connectivity index (χ3n) is 2.36. The molecule has 0 atom stereocenters. The minimum absolute atomic E-state index is 0.110. The summed E-state index contributed by atoms with van der Waals surface area (Å²) in [7, 11) is 0. The summed E-state index contributed by atoms with van der Waals surface area (Å²) in [5.41, 5.74) is 7.88. The predicted molar refractivity (Wildman–Crippen MR) is 63.0 cm³/mol. The third kappa shape index (κ3) is 1.68. The van der Waals surface area contributed by atoms with Crippen LogP contribution in [0.3, 0.4) is 0 Å². The van der Waals surface area contributed by atoms with Gasteiger partial charge in [-0.2, -0.15) is 0 Å². The van der Waals surface area contributed by atoms with E-state index in [-0.39, 0.29) is 5.41 Å². The standard InChI is InChI=1S/C11H15N5/c1-6-7-8(9(12)14-5-13-7)16-10(15-6)11(2,3)4/h5H,1-4H3,(H2,12,13,14). The van der Waals surface area contributed by atoms with Crippen LogP contribution in [0, 0.1) is 6.92 Å². The van der Waals surface area contributed by atoms with Gasteiger partial charge < -0.3 is 5.73 Å². The van der Waals surface area contributed by atoms with Crippen LogP contribution in [-0.2, 0) is 5.41 Å². The molecule has 2 heterocycles. The molecule has 84 valence electrons. The summed E-state index contributed by atoms with van der Waals surface area (Å²) >= 11 is 0. The molecule has 2 N–H and O–H groups in total. The van der Waals surface area contributed by atoms with Crippen molar-refractivity contribution in [3.63, 3.8) is 0 Å². The molecule has 0 aliphatic heterocycles. The van der Waals surface area contributed by atoms with Gasteiger partial charge in [0, 0.05) is 5.41 Å². The Hall–Kier alpha value is -1.78. The van der Waals surface area contributed by atoms with Crippen molar-refractivity contribution in [1.29, 1.82) is 0 Å². The van der Waals surface area contributed by atoms with Crippen molar-refractivity contribution in [1.82, 2.24) is 19.9 Å². The van der Waals surface area contributed by atoms with E-state index in [9.17, 15) is 0 Å². The van der Waals surface area contributed by atoms with Crippen molar-refractivity contribution in [3.05, 3.63) is 17.8 Å². The Labute approximate surface area is 94.2 Å². The van der Waals surface area contributed by atoms with Gasteiger partial charge in [0.1, 0.15) is 23.2 Å². The van der Waals surface area contributed by atoms with Gasteiger partial charge in [-0.3, -0.25) is 0 Å². The number of hydrogen-bond donors (Lipinski definition) is 1. The molecule has 0 fully saturated rings. The van der Waals surface area contributed by atoms with Crippen molar-refractivity contribution >= 4 is 16.9 Å². The quantitative estimate of drug-likeness (QED) is 0.725. The lowest BCUT2D eigenvalue weighted by Crippen LogP contribution is -2.17. The van der Waals surface area contributed by atoms with E-state index >= 15 is 0 Å². The van der Waals surface area contributed by atoms with Crippen LogP contribution in [0.1, 0.15) is 32.3 Å². The summed E-state index contributed by atoms with van der Waals surface area (Å²) in [5, 5.41) is 0. The van der Waals surface area contributed by atoms with Crippen LogP contribution < -0.4 is 5.73 Å². The van der Waals surface area contributed by atoms with Crippen molar-refractivity contribution in [2.45, 2.75) is 33.1 Å². The molecular weight excluding hydrogens is 202 g/mol. The van der Waals surface area contributed by atoms with Gasteiger partial charge in [0.25, 0.3) is 0 Å². The van der Waals surface area contributed by atoms with Gasteiger partial charge in [-0.25, -0.2) is 19.9 Å². The van der Waals surface area contributed by atoms with Crippen LogP contribution in [0.2, 0.25) is 0 Å². The van der Waals surface area contributed by atoms with Crippen molar-refractivity contribution < 1.29 is 0 Å². The zero-order valence-corrected chi connectivity index (χ0v) is 9.94. The molecule has 0 amide bonds. The molecule has 16 heavy (non-hydrogen) atoms. The number of aromatic nitrogens is 4. The van der Waals surface area contributed by atoms with Gasteiger partial charge in [-0.15, -0.1) is 0 Å². The molecule has 0 bridgehead atoms. The molecule has 0 spiro atoms. The lowest BCUT2D eigenvalue weighted by Gasteiger charge is -2.17. The number of fused-ring (bicyclic) bond motifs is 1. The van der Waals surface area contributed by atoms with Gasteiger partial charge in [-0.05, 0) is 6.92 Å². The molecule has 0 unspecified atom stereocenters. The number of aryl methyl sites for hydroxylation is 1. The van der Waals surface area contributed by atoms with E-state index in [1.54, 1.807) is 0 Å². The average Bonchev–Trinajstić information content (AvgIpc) is 2.18. The SMILES string of the molecule is Cc1nc(C(C)(C)C)nc2c(N)ncnc12. The Balaban J connectivity index is 2.81. The Morgan fingerprint density at radius 2 is 1.75 bits per heavy atom. The topological polar surface area (TPSA) is 77.6 Å². The van der Waals surface area contributed by atoms with E-state index in [1.807, 2.05) is 6.92 Å². The molecular formula is C11H15N5. The summed E-state index contributed by atoms with van der Waals surface area (Å²) in [6.45, 7) is 8.10. The summed E-state index contributed by atoms with van der Waals surface area (Å²) in [6, 6.07) is 0. The maximum atomic E-state index is 5.80. The van der Waals surface area contributed by atoms with E-state index in [0.29, 0.717) is 11.3 Å². The first-order chi connectivity index (χ1) is 7.39. The van der Waals surface area contributed by atoms with Crippen molar-refractivity contribution in [2.75, 3.05) is 5.73 Å². The van der Waals surface area contributed by atoms with E-state index in [1.165, 1.54) is 6.33 Å². The second-order valence-corrected chi connectivity index (χ2v) is 4.84. The second-order valence-electron chi connectivity index (χ2n) is 4.84. The van der Waals surface area contributed by atoms with Crippen molar-refractivity contribution in [2.24, 2.45) is 0 Å². The highest BCUT2D eigenvalue weighted by atomic mass is 15.0. The number of anilines is 1. The van der Waals surface area contributed by atoms with E-state index in [2.05, 4.69) is 40.7 Å². The number of nitrogens with zero attached hydrogens (tertiary/aromatic N) is 4. The predicted octanol–water partition coefficient (Wildman–Crippen LogP) is 1.61. The Kier molecular flexibility index (Phi) is 2.26. The molecule has 0 saturated carbocycles. The molecule has 0 radical (unpaired) electrons.